The Morgan fingerprint density at radius 2 is 2.27 bits per heavy atom. The molecule has 15 heavy (non-hydrogen) atoms. The molecule has 0 fully saturated rings. The van der Waals surface area contributed by atoms with Crippen LogP contribution in [0.4, 0.5) is 0 Å². The third kappa shape index (κ3) is 3.63. The summed E-state index contributed by atoms with van der Waals surface area (Å²) in [7, 11) is 0. The molecule has 5 nitrogen and oxygen atoms in total. The van der Waals surface area contributed by atoms with Gasteiger partial charge in [-0.2, -0.15) is 10.2 Å². The van der Waals surface area contributed by atoms with E-state index in [9.17, 15) is 4.79 Å². The van der Waals surface area contributed by atoms with Crippen LogP contribution in [0.3, 0.4) is 0 Å². The van der Waals surface area contributed by atoms with E-state index in [2.05, 4.69) is 15.5 Å². The molecule has 1 amide bonds. The van der Waals surface area contributed by atoms with Gasteiger partial charge in [-0.15, -0.1) is 0 Å². The molecule has 1 rings (SSSR count). The van der Waals surface area contributed by atoms with Crippen molar-refractivity contribution in [2.45, 2.75) is 13.8 Å². The molecule has 0 bridgehead atoms. The van der Waals surface area contributed by atoms with Gasteiger partial charge in [0.2, 0.25) is 0 Å². The molecule has 0 aliphatic carbocycles. The molecule has 0 spiro atoms. The lowest BCUT2D eigenvalue weighted by Crippen LogP contribution is -2.38. The van der Waals surface area contributed by atoms with Gasteiger partial charge in [0.1, 0.15) is 0 Å². The van der Waals surface area contributed by atoms with Crippen molar-refractivity contribution in [2.75, 3.05) is 13.1 Å². The maximum Gasteiger partial charge on any atom is 0.252 e. The zero-order valence-electron chi connectivity index (χ0n) is 9.03. The summed E-state index contributed by atoms with van der Waals surface area (Å²) in [6.45, 7) is 5.07. The predicted octanol–water partition coefficient (Wildman–Crippen LogP) is 0.191. The second kappa shape index (κ2) is 4.84. The van der Waals surface area contributed by atoms with Gasteiger partial charge in [-0.25, -0.2) is 0 Å². The maximum atomic E-state index is 11.6. The minimum atomic E-state index is -0.147. The molecule has 0 unspecified atom stereocenters. The standard InChI is InChI=1S/C10H16N4O/c1-10(2,6-11)7-12-9(15)8-3-4-13-14-5-8/h3-5H,6-7,11H2,1-2H3,(H,12,15). The molecule has 0 saturated heterocycles. The van der Waals surface area contributed by atoms with Gasteiger partial charge in [-0.3, -0.25) is 4.79 Å². The van der Waals surface area contributed by atoms with E-state index in [1.54, 1.807) is 6.07 Å². The second-order valence-corrected chi connectivity index (χ2v) is 4.18. The number of nitrogens with zero attached hydrogens (tertiary/aromatic N) is 2. The summed E-state index contributed by atoms with van der Waals surface area (Å²) in [5.41, 5.74) is 5.98. The summed E-state index contributed by atoms with van der Waals surface area (Å²) in [5.74, 6) is -0.147. The zero-order chi connectivity index (χ0) is 11.3. The largest absolute Gasteiger partial charge is 0.351 e. The van der Waals surface area contributed by atoms with E-state index in [-0.39, 0.29) is 11.3 Å². The van der Waals surface area contributed by atoms with Gasteiger partial charge >= 0.3 is 0 Å². The summed E-state index contributed by atoms with van der Waals surface area (Å²) in [6, 6.07) is 1.62. The van der Waals surface area contributed by atoms with Crippen molar-refractivity contribution in [2.24, 2.45) is 11.1 Å². The van der Waals surface area contributed by atoms with Gasteiger partial charge in [0.05, 0.1) is 18.0 Å². The van der Waals surface area contributed by atoms with Crippen LogP contribution < -0.4 is 11.1 Å². The quantitative estimate of drug-likeness (QED) is 0.740. The molecule has 3 N–H and O–H groups in total. The number of amides is 1. The molecule has 5 heteroatoms. The number of nitrogens with two attached hydrogens (primary N) is 1. The first-order valence-electron chi connectivity index (χ1n) is 4.80. The highest BCUT2D eigenvalue weighted by atomic mass is 16.1. The Hall–Kier alpha value is -1.49. The van der Waals surface area contributed by atoms with Crippen molar-refractivity contribution >= 4 is 5.91 Å². The predicted molar refractivity (Wildman–Crippen MR) is 57.2 cm³/mol. The van der Waals surface area contributed by atoms with E-state index in [0.29, 0.717) is 18.7 Å². The van der Waals surface area contributed by atoms with Crippen molar-refractivity contribution in [3.8, 4) is 0 Å². The Balaban J connectivity index is 2.51. The summed E-state index contributed by atoms with van der Waals surface area (Å²) >= 11 is 0. The van der Waals surface area contributed by atoms with Crippen LogP contribution in [0.15, 0.2) is 18.5 Å². The molecule has 0 aliphatic rings. The van der Waals surface area contributed by atoms with Gasteiger partial charge in [-0.1, -0.05) is 13.8 Å². The number of carbonyl (C=O) groups excluding carboxylic acids is 1. The number of nitrogens with one attached hydrogen (secondary N) is 1. The van der Waals surface area contributed by atoms with Crippen LogP contribution in [0.25, 0.3) is 0 Å². The number of hydrogen-bond donors (Lipinski definition) is 2. The minimum Gasteiger partial charge on any atom is -0.351 e. The third-order valence-electron chi connectivity index (χ3n) is 2.13. The summed E-state index contributed by atoms with van der Waals surface area (Å²) < 4.78 is 0. The molecule has 1 heterocycles. The molecule has 0 aromatic carbocycles. The Morgan fingerprint density at radius 1 is 1.53 bits per heavy atom. The van der Waals surface area contributed by atoms with E-state index in [1.165, 1.54) is 12.4 Å². The Morgan fingerprint density at radius 3 is 2.80 bits per heavy atom. The van der Waals surface area contributed by atoms with Crippen LogP contribution in [-0.4, -0.2) is 29.2 Å². The lowest BCUT2D eigenvalue weighted by atomic mass is 9.94. The fourth-order valence-electron chi connectivity index (χ4n) is 0.919. The van der Waals surface area contributed by atoms with Gasteiger partial charge in [0, 0.05) is 6.54 Å². The van der Waals surface area contributed by atoms with Gasteiger partial charge in [-0.05, 0) is 18.0 Å². The SMILES string of the molecule is CC(C)(CN)CNC(=O)c1ccnnc1. The van der Waals surface area contributed by atoms with Gasteiger partial charge < -0.3 is 11.1 Å². The molecule has 0 aliphatic heterocycles. The van der Waals surface area contributed by atoms with Crippen LogP contribution in [0.5, 0.6) is 0 Å². The van der Waals surface area contributed by atoms with Crippen molar-refractivity contribution in [3.63, 3.8) is 0 Å². The molecule has 0 radical (unpaired) electrons. The first-order chi connectivity index (χ1) is 7.05. The normalized spacial score (nSPS) is 11.1. The van der Waals surface area contributed by atoms with E-state index in [0.717, 1.165) is 0 Å². The summed E-state index contributed by atoms with van der Waals surface area (Å²) in [4.78, 5) is 11.6. The molecule has 0 saturated carbocycles. The number of rotatable bonds is 4. The molecule has 82 valence electrons. The average molecular weight is 208 g/mol. The number of aromatic nitrogens is 2. The molecule has 1 aromatic heterocycles. The van der Waals surface area contributed by atoms with Crippen molar-refractivity contribution in [3.05, 3.63) is 24.0 Å². The van der Waals surface area contributed by atoms with E-state index in [1.807, 2.05) is 13.8 Å². The van der Waals surface area contributed by atoms with E-state index >= 15 is 0 Å². The highest BCUT2D eigenvalue weighted by molar-refractivity contribution is 5.93. The number of carbonyl (C=O) groups is 1. The highest BCUT2D eigenvalue weighted by Gasteiger charge is 2.17. The van der Waals surface area contributed by atoms with Crippen molar-refractivity contribution in [1.29, 1.82) is 0 Å². The van der Waals surface area contributed by atoms with Crippen LogP contribution in [-0.2, 0) is 0 Å². The van der Waals surface area contributed by atoms with Gasteiger partial charge in [0.25, 0.3) is 5.91 Å². The zero-order valence-corrected chi connectivity index (χ0v) is 9.03. The average Bonchev–Trinajstić information content (AvgIpc) is 2.27. The van der Waals surface area contributed by atoms with Crippen molar-refractivity contribution in [1.82, 2.24) is 15.5 Å². The Bertz CT molecular complexity index is 323. The summed E-state index contributed by atoms with van der Waals surface area (Å²) in [5, 5.41) is 10.0. The molecular weight excluding hydrogens is 192 g/mol. The number of hydrogen-bond acceptors (Lipinski definition) is 4. The first kappa shape index (κ1) is 11.6. The fourth-order valence-corrected chi connectivity index (χ4v) is 0.919. The lowest BCUT2D eigenvalue weighted by molar-refractivity contribution is 0.0937. The second-order valence-electron chi connectivity index (χ2n) is 4.18. The highest BCUT2D eigenvalue weighted by Crippen LogP contribution is 2.10. The van der Waals surface area contributed by atoms with Crippen molar-refractivity contribution < 1.29 is 4.79 Å². The molecule has 1 aromatic rings. The van der Waals surface area contributed by atoms with Crippen LogP contribution in [0.1, 0.15) is 24.2 Å². The maximum absolute atomic E-state index is 11.6. The summed E-state index contributed by atoms with van der Waals surface area (Å²) in [6.07, 6.45) is 2.92. The topological polar surface area (TPSA) is 80.9 Å². The molecule has 0 atom stereocenters. The monoisotopic (exact) mass is 208 g/mol. The van der Waals surface area contributed by atoms with Crippen LogP contribution in [0, 0.1) is 5.41 Å². The fraction of sp³-hybridized carbons (Fsp3) is 0.500. The van der Waals surface area contributed by atoms with Crippen LogP contribution >= 0.6 is 0 Å². The Labute approximate surface area is 89.1 Å². The van der Waals surface area contributed by atoms with E-state index in [4.69, 9.17) is 5.73 Å². The minimum absolute atomic E-state index is 0.0872. The lowest BCUT2D eigenvalue weighted by Gasteiger charge is -2.22. The third-order valence-corrected chi connectivity index (χ3v) is 2.13. The molecular formula is C10H16N4O. The smallest absolute Gasteiger partial charge is 0.252 e. The Kier molecular flexibility index (Phi) is 3.74. The van der Waals surface area contributed by atoms with Crippen LogP contribution in [0.2, 0.25) is 0 Å². The first-order valence-corrected chi connectivity index (χ1v) is 4.80. The van der Waals surface area contributed by atoms with E-state index < -0.39 is 0 Å². The van der Waals surface area contributed by atoms with Gasteiger partial charge in [0.15, 0.2) is 0 Å².